The third-order valence-electron chi connectivity index (χ3n) is 4.28. The molecule has 0 bridgehead atoms. The maximum absolute atomic E-state index is 12.5. The van der Waals surface area contributed by atoms with Crippen molar-refractivity contribution in [2.24, 2.45) is 0 Å². The summed E-state index contributed by atoms with van der Waals surface area (Å²) >= 11 is 3.32. The first-order valence-corrected chi connectivity index (χ1v) is 10.4. The number of sulfonamides is 1. The van der Waals surface area contributed by atoms with Crippen LogP contribution in [0.25, 0.3) is 0 Å². The van der Waals surface area contributed by atoms with E-state index in [4.69, 9.17) is 0 Å². The minimum atomic E-state index is -3.48. The number of hydrogen-bond donors (Lipinski definition) is 1. The molecule has 25 heavy (non-hydrogen) atoms. The largest absolute Gasteiger partial charge is 0.299 e. The highest BCUT2D eigenvalue weighted by Crippen LogP contribution is 2.22. The fourth-order valence-electron chi connectivity index (χ4n) is 3.00. The molecule has 0 saturated carbocycles. The van der Waals surface area contributed by atoms with Gasteiger partial charge in [-0.3, -0.25) is 4.90 Å². The van der Waals surface area contributed by atoms with Crippen molar-refractivity contribution in [1.29, 1.82) is 0 Å². The van der Waals surface area contributed by atoms with Gasteiger partial charge in [0.2, 0.25) is 10.0 Å². The number of nitrogens with zero attached hydrogens (tertiary/aromatic N) is 1. The van der Waals surface area contributed by atoms with Crippen molar-refractivity contribution in [3.8, 4) is 0 Å². The third kappa shape index (κ3) is 5.53. The summed E-state index contributed by atoms with van der Waals surface area (Å²) in [6.07, 6.45) is 1.66. The Morgan fingerprint density at radius 1 is 1.00 bits per heavy atom. The van der Waals surface area contributed by atoms with Crippen LogP contribution in [0.4, 0.5) is 0 Å². The van der Waals surface area contributed by atoms with Gasteiger partial charge in [0.25, 0.3) is 0 Å². The fraction of sp³-hybridized carbons (Fsp3) is 0.333. The summed E-state index contributed by atoms with van der Waals surface area (Å²) < 4.78 is 28.5. The molecule has 1 saturated heterocycles. The summed E-state index contributed by atoms with van der Waals surface area (Å²) in [5.74, 6) is 0. The summed E-state index contributed by atoms with van der Waals surface area (Å²) in [5, 5.41) is 0. The van der Waals surface area contributed by atoms with Gasteiger partial charge in [0.1, 0.15) is 0 Å². The number of piperidine rings is 1. The van der Waals surface area contributed by atoms with Crippen molar-refractivity contribution in [1.82, 2.24) is 9.62 Å². The molecule has 7 heteroatoms. The van der Waals surface area contributed by atoms with Crippen LogP contribution in [0.2, 0.25) is 0 Å². The molecule has 1 N–H and O–H groups in total. The van der Waals surface area contributed by atoms with Gasteiger partial charge in [-0.05, 0) is 46.5 Å². The quantitative estimate of drug-likeness (QED) is 0.761. The van der Waals surface area contributed by atoms with Crippen molar-refractivity contribution in [2.45, 2.75) is 30.3 Å². The molecule has 4 nitrogen and oxygen atoms in total. The summed E-state index contributed by atoms with van der Waals surface area (Å²) in [7, 11) is -3.48. The molecule has 0 spiro atoms. The zero-order chi connectivity index (χ0) is 17.0. The molecular formula is C18H22BrClN2O2S. The Labute approximate surface area is 164 Å². The Bertz CT molecular complexity index is 779. The number of hydrogen-bond acceptors (Lipinski definition) is 3. The topological polar surface area (TPSA) is 49.4 Å². The molecule has 0 radical (unpaired) electrons. The summed E-state index contributed by atoms with van der Waals surface area (Å²) in [4.78, 5) is 2.68. The Hall–Kier alpha value is -0.920. The van der Waals surface area contributed by atoms with E-state index in [9.17, 15) is 8.42 Å². The summed E-state index contributed by atoms with van der Waals surface area (Å²) in [6, 6.07) is 17.3. The second-order valence-electron chi connectivity index (χ2n) is 6.09. The maximum atomic E-state index is 12.5. The van der Waals surface area contributed by atoms with Gasteiger partial charge in [-0.15, -0.1) is 12.4 Å². The summed E-state index contributed by atoms with van der Waals surface area (Å²) in [5.41, 5.74) is 1.30. The lowest BCUT2D eigenvalue weighted by Crippen LogP contribution is -2.44. The number of nitrogens with one attached hydrogen (secondary N) is 1. The van der Waals surface area contributed by atoms with Crippen LogP contribution < -0.4 is 4.72 Å². The minimum absolute atomic E-state index is 0. The lowest BCUT2D eigenvalue weighted by atomic mass is 10.1. The molecule has 0 atom stereocenters. The van der Waals surface area contributed by atoms with E-state index in [-0.39, 0.29) is 18.4 Å². The first-order valence-electron chi connectivity index (χ1n) is 8.08. The Kier molecular flexibility index (Phi) is 7.46. The van der Waals surface area contributed by atoms with Crippen molar-refractivity contribution < 1.29 is 8.42 Å². The van der Waals surface area contributed by atoms with Gasteiger partial charge >= 0.3 is 0 Å². The van der Waals surface area contributed by atoms with E-state index in [2.05, 4.69) is 37.7 Å². The molecule has 2 aromatic rings. The predicted molar refractivity (Wildman–Crippen MR) is 106 cm³/mol. The second-order valence-corrected chi connectivity index (χ2v) is 8.62. The van der Waals surface area contributed by atoms with Crippen LogP contribution in [-0.4, -0.2) is 32.4 Å². The van der Waals surface area contributed by atoms with Gasteiger partial charge < -0.3 is 0 Å². The molecule has 1 aliphatic rings. The highest BCUT2D eigenvalue weighted by Gasteiger charge is 2.25. The highest BCUT2D eigenvalue weighted by molar-refractivity contribution is 9.10. The van der Waals surface area contributed by atoms with E-state index in [0.29, 0.717) is 9.37 Å². The van der Waals surface area contributed by atoms with Gasteiger partial charge in [0, 0.05) is 30.1 Å². The van der Waals surface area contributed by atoms with Gasteiger partial charge in [-0.2, -0.15) is 0 Å². The fourth-order valence-corrected chi connectivity index (χ4v) is 5.30. The number of rotatable bonds is 5. The number of benzene rings is 2. The van der Waals surface area contributed by atoms with Gasteiger partial charge in [0.05, 0.1) is 4.90 Å². The Morgan fingerprint density at radius 2 is 1.60 bits per heavy atom. The lowest BCUT2D eigenvalue weighted by Gasteiger charge is -2.32. The SMILES string of the molecule is Cl.O=S(=O)(NC1CCN(Cc2ccccc2)CC1)c1ccccc1Br. The van der Waals surface area contributed by atoms with Crippen molar-refractivity contribution >= 4 is 38.4 Å². The molecule has 1 fully saturated rings. The molecule has 0 amide bonds. The van der Waals surface area contributed by atoms with Crippen molar-refractivity contribution in [3.05, 3.63) is 64.6 Å². The zero-order valence-corrected chi connectivity index (χ0v) is 17.0. The van der Waals surface area contributed by atoms with E-state index >= 15 is 0 Å². The van der Waals surface area contributed by atoms with Crippen LogP contribution in [0.5, 0.6) is 0 Å². The van der Waals surface area contributed by atoms with Crippen molar-refractivity contribution in [2.75, 3.05) is 13.1 Å². The molecule has 2 aromatic carbocycles. The van der Waals surface area contributed by atoms with E-state index in [1.165, 1.54) is 5.56 Å². The van der Waals surface area contributed by atoms with Gasteiger partial charge in [-0.1, -0.05) is 42.5 Å². The molecule has 136 valence electrons. The van der Waals surface area contributed by atoms with E-state index in [1.54, 1.807) is 18.2 Å². The van der Waals surface area contributed by atoms with Crippen LogP contribution in [-0.2, 0) is 16.6 Å². The monoisotopic (exact) mass is 444 g/mol. The van der Waals surface area contributed by atoms with E-state index < -0.39 is 10.0 Å². The van der Waals surface area contributed by atoms with Crippen LogP contribution in [0.3, 0.4) is 0 Å². The smallest absolute Gasteiger partial charge is 0.241 e. The minimum Gasteiger partial charge on any atom is -0.299 e. The molecular weight excluding hydrogens is 424 g/mol. The van der Waals surface area contributed by atoms with E-state index in [1.807, 2.05) is 24.3 Å². The maximum Gasteiger partial charge on any atom is 0.241 e. The molecule has 1 aliphatic heterocycles. The van der Waals surface area contributed by atoms with Crippen LogP contribution in [0.15, 0.2) is 64.0 Å². The third-order valence-corrected chi connectivity index (χ3v) is 6.82. The second kappa shape index (κ2) is 9.14. The molecule has 0 aliphatic carbocycles. The molecule has 0 unspecified atom stereocenters. The lowest BCUT2D eigenvalue weighted by molar-refractivity contribution is 0.200. The van der Waals surface area contributed by atoms with Gasteiger partial charge in [0.15, 0.2) is 0 Å². The van der Waals surface area contributed by atoms with Crippen molar-refractivity contribution in [3.63, 3.8) is 0 Å². The average Bonchev–Trinajstić information content (AvgIpc) is 2.58. The molecule has 1 heterocycles. The highest BCUT2D eigenvalue weighted by atomic mass is 79.9. The number of likely N-dealkylation sites (tertiary alicyclic amines) is 1. The zero-order valence-electron chi connectivity index (χ0n) is 13.8. The van der Waals surface area contributed by atoms with Gasteiger partial charge in [-0.25, -0.2) is 13.1 Å². The first kappa shape index (κ1) is 20.4. The Balaban J connectivity index is 0.00000225. The normalized spacial score (nSPS) is 16.4. The molecule has 0 aromatic heterocycles. The van der Waals surface area contributed by atoms with E-state index in [0.717, 1.165) is 32.5 Å². The number of halogens is 2. The van der Waals surface area contributed by atoms with Crippen LogP contribution in [0.1, 0.15) is 18.4 Å². The molecule has 3 rings (SSSR count). The Morgan fingerprint density at radius 3 is 2.24 bits per heavy atom. The summed E-state index contributed by atoms with van der Waals surface area (Å²) in [6.45, 7) is 2.72. The van der Waals surface area contributed by atoms with Crippen LogP contribution in [0, 0.1) is 0 Å². The standard InChI is InChI=1S/C18H21BrN2O2S.ClH/c19-17-8-4-5-9-18(17)24(22,23)20-16-10-12-21(13-11-16)14-15-6-2-1-3-7-15;/h1-9,16,20H,10-14H2;1H. The van der Waals surface area contributed by atoms with Crippen LogP contribution >= 0.6 is 28.3 Å². The predicted octanol–water partition coefficient (Wildman–Crippen LogP) is 3.81. The average molecular weight is 446 g/mol. The first-order chi connectivity index (χ1) is 11.5.